The van der Waals surface area contributed by atoms with Gasteiger partial charge in [-0.1, -0.05) is 31.2 Å². The Balaban J connectivity index is 1.75. The average Bonchev–Trinajstić information content (AvgIpc) is 2.76. The van der Waals surface area contributed by atoms with Crippen molar-refractivity contribution in [3.8, 4) is 0 Å². The highest BCUT2D eigenvalue weighted by molar-refractivity contribution is 5.90. The van der Waals surface area contributed by atoms with Crippen molar-refractivity contribution in [2.45, 2.75) is 46.3 Å². The van der Waals surface area contributed by atoms with Crippen molar-refractivity contribution in [3.05, 3.63) is 74.9 Å². The van der Waals surface area contributed by atoms with Crippen LogP contribution in [0.1, 0.15) is 32.3 Å². The third-order valence-electron chi connectivity index (χ3n) is 4.93. The fraction of sp³-hybridized carbons (Fsp3) is 0.304. The van der Waals surface area contributed by atoms with Gasteiger partial charge in [0.2, 0.25) is 11.8 Å². The van der Waals surface area contributed by atoms with Crippen LogP contribution in [0, 0.1) is 0 Å². The van der Waals surface area contributed by atoms with Crippen LogP contribution in [0.25, 0.3) is 10.9 Å². The quantitative estimate of drug-likeness (QED) is 0.581. The molecular weight excluding hydrogens is 396 g/mol. The molecule has 0 saturated heterocycles. The number of rotatable bonds is 8. The number of carbonyl (C=O) groups excluding carboxylic acids is 2. The Morgan fingerprint density at radius 1 is 0.935 bits per heavy atom. The molecule has 0 aliphatic carbocycles. The van der Waals surface area contributed by atoms with Gasteiger partial charge in [0.25, 0.3) is 5.56 Å². The maximum atomic E-state index is 12.8. The molecule has 0 saturated carbocycles. The minimum atomic E-state index is -0.512. The Hall–Kier alpha value is -3.68. The summed E-state index contributed by atoms with van der Waals surface area (Å²) in [7, 11) is 0. The van der Waals surface area contributed by atoms with Gasteiger partial charge in [0.05, 0.1) is 10.9 Å². The van der Waals surface area contributed by atoms with E-state index in [0.717, 1.165) is 16.6 Å². The lowest BCUT2D eigenvalue weighted by Crippen LogP contribution is -2.42. The summed E-state index contributed by atoms with van der Waals surface area (Å²) in [6.07, 6.45) is 1.21. The Labute approximate surface area is 179 Å². The summed E-state index contributed by atoms with van der Waals surface area (Å²) in [6, 6.07) is 14.0. The maximum Gasteiger partial charge on any atom is 0.331 e. The number of carbonyl (C=O) groups is 2. The van der Waals surface area contributed by atoms with Crippen LogP contribution in [-0.4, -0.2) is 20.9 Å². The highest BCUT2D eigenvalue weighted by Crippen LogP contribution is 2.12. The molecular formula is C23H26N4O4. The molecule has 162 valence electrons. The van der Waals surface area contributed by atoms with Crippen molar-refractivity contribution in [2.75, 3.05) is 5.32 Å². The van der Waals surface area contributed by atoms with Gasteiger partial charge in [-0.3, -0.25) is 23.5 Å². The smallest absolute Gasteiger partial charge is 0.331 e. The van der Waals surface area contributed by atoms with Crippen molar-refractivity contribution in [2.24, 2.45) is 0 Å². The zero-order chi connectivity index (χ0) is 22.4. The number of fused-ring (bicyclic) bond motifs is 1. The van der Waals surface area contributed by atoms with Gasteiger partial charge < -0.3 is 10.6 Å². The lowest BCUT2D eigenvalue weighted by molar-refractivity contribution is -0.122. The van der Waals surface area contributed by atoms with E-state index >= 15 is 0 Å². The van der Waals surface area contributed by atoms with Crippen molar-refractivity contribution in [1.29, 1.82) is 0 Å². The minimum absolute atomic E-state index is 0.0546. The van der Waals surface area contributed by atoms with E-state index in [0.29, 0.717) is 23.0 Å². The Bertz CT molecular complexity index is 1230. The molecule has 1 aromatic heterocycles. The SMILES string of the molecule is CCCC(=O)Nc1cccc(CNC(=O)Cn2c(=O)n(CC)c(=O)c3ccccc32)c1. The van der Waals surface area contributed by atoms with Crippen LogP contribution in [0.15, 0.2) is 58.1 Å². The lowest BCUT2D eigenvalue weighted by atomic mass is 10.2. The lowest BCUT2D eigenvalue weighted by Gasteiger charge is -2.13. The van der Waals surface area contributed by atoms with Crippen LogP contribution in [0.3, 0.4) is 0 Å². The van der Waals surface area contributed by atoms with Crippen LogP contribution < -0.4 is 21.9 Å². The van der Waals surface area contributed by atoms with Crippen LogP contribution in [-0.2, 0) is 29.2 Å². The van der Waals surface area contributed by atoms with Gasteiger partial charge in [-0.2, -0.15) is 0 Å². The first-order chi connectivity index (χ1) is 14.9. The van der Waals surface area contributed by atoms with Gasteiger partial charge in [-0.25, -0.2) is 4.79 Å². The summed E-state index contributed by atoms with van der Waals surface area (Å²) in [5.41, 5.74) is 1.04. The molecule has 8 heteroatoms. The molecule has 31 heavy (non-hydrogen) atoms. The van der Waals surface area contributed by atoms with E-state index in [1.807, 2.05) is 13.0 Å². The first kappa shape index (κ1) is 22.0. The van der Waals surface area contributed by atoms with E-state index in [4.69, 9.17) is 0 Å². The maximum absolute atomic E-state index is 12.8. The highest BCUT2D eigenvalue weighted by Gasteiger charge is 2.14. The number of hydrogen-bond donors (Lipinski definition) is 2. The fourth-order valence-electron chi connectivity index (χ4n) is 3.41. The summed E-state index contributed by atoms with van der Waals surface area (Å²) >= 11 is 0. The predicted molar refractivity (Wildman–Crippen MR) is 120 cm³/mol. The van der Waals surface area contributed by atoms with E-state index in [1.54, 1.807) is 49.4 Å². The van der Waals surface area contributed by atoms with Gasteiger partial charge >= 0.3 is 5.69 Å². The molecule has 2 aromatic carbocycles. The molecule has 1 heterocycles. The summed E-state index contributed by atoms with van der Waals surface area (Å²) < 4.78 is 2.44. The molecule has 0 spiro atoms. The second kappa shape index (κ2) is 9.88. The Kier molecular flexibility index (Phi) is 7.02. The third-order valence-corrected chi connectivity index (χ3v) is 4.93. The molecule has 0 fully saturated rings. The molecule has 3 rings (SSSR count). The van der Waals surface area contributed by atoms with Gasteiger partial charge in [-0.05, 0) is 43.2 Å². The number of anilines is 1. The van der Waals surface area contributed by atoms with Crippen molar-refractivity contribution < 1.29 is 9.59 Å². The van der Waals surface area contributed by atoms with Gasteiger partial charge in [0, 0.05) is 25.2 Å². The van der Waals surface area contributed by atoms with E-state index in [1.165, 1.54) is 4.57 Å². The van der Waals surface area contributed by atoms with Crippen molar-refractivity contribution in [3.63, 3.8) is 0 Å². The molecule has 2 amide bonds. The molecule has 3 aromatic rings. The topological polar surface area (TPSA) is 102 Å². The number of para-hydroxylation sites is 1. The molecule has 0 radical (unpaired) electrons. The molecule has 8 nitrogen and oxygen atoms in total. The Morgan fingerprint density at radius 2 is 1.71 bits per heavy atom. The molecule has 0 atom stereocenters. The fourth-order valence-corrected chi connectivity index (χ4v) is 3.41. The van der Waals surface area contributed by atoms with Crippen LogP contribution in [0.2, 0.25) is 0 Å². The van der Waals surface area contributed by atoms with E-state index in [2.05, 4.69) is 10.6 Å². The standard InChI is InChI=1S/C23H26N4O4/c1-3-8-20(28)25-17-10-7-9-16(13-17)14-24-21(29)15-27-19-12-6-5-11-18(19)22(30)26(4-2)23(27)31/h5-7,9-13H,3-4,8,14-15H2,1-2H3,(H,24,29)(H,25,28). The zero-order valence-corrected chi connectivity index (χ0v) is 17.7. The number of nitrogens with one attached hydrogen (secondary N) is 2. The number of nitrogens with zero attached hydrogens (tertiary/aromatic N) is 2. The van der Waals surface area contributed by atoms with Gasteiger partial charge in [0.1, 0.15) is 6.54 Å². The van der Waals surface area contributed by atoms with E-state index in [-0.39, 0.29) is 37.0 Å². The first-order valence-electron chi connectivity index (χ1n) is 10.3. The predicted octanol–water partition coefficient (Wildman–Crippen LogP) is 2.24. The number of amides is 2. The van der Waals surface area contributed by atoms with E-state index in [9.17, 15) is 19.2 Å². The normalized spacial score (nSPS) is 10.8. The number of benzene rings is 2. The summed E-state index contributed by atoms with van der Waals surface area (Å²) in [4.78, 5) is 49.6. The monoisotopic (exact) mass is 422 g/mol. The molecule has 2 N–H and O–H groups in total. The first-order valence-corrected chi connectivity index (χ1v) is 10.3. The minimum Gasteiger partial charge on any atom is -0.350 e. The van der Waals surface area contributed by atoms with Gasteiger partial charge in [-0.15, -0.1) is 0 Å². The van der Waals surface area contributed by atoms with Crippen molar-refractivity contribution >= 4 is 28.4 Å². The molecule has 0 aliphatic heterocycles. The highest BCUT2D eigenvalue weighted by atomic mass is 16.2. The second-order valence-electron chi connectivity index (χ2n) is 7.21. The number of aromatic nitrogens is 2. The van der Waals surface area contributed by atoms with Gasteiger partial charge in [0.15, 0.2) is 0 Å². The average molecular weight is 422 g/mol. The molecule has 0 bridgehead atoms. The third kappa shape index (κ3) is 5.09. The van der Waals surface area contributed by atoms with Crippen LogP contribution in [0.4, 0.5) is 5.69 Å². The second-order valence-corrected chi connectivity index (χ2v) is 7.21. The number of hydrogen-bond acceptors (Lipinski definition) is 4. The van der Waals surface area contributed by atoms with Crippen LogP contribution >= 0.6 is 0 Å². The largest absolute Gasteiger partial charge is 0.350 e. The van der Waals surface area contributed by atoms with E-state index < -0.39 is 5.69 Å². The Morgan fingerprint density at radius 3 is 2.45 bits per heavy atom. The van der Waals surface area contributed by atoms with Crippen LogP contribution in [0.5, 0.6) is 0 Å². The zero-order valence-electron chi connectivity index (χ0n) is 17.7. The van der Waals surface area contributed by atoms with Crippen molar-refractivity contribution in [1.82, 2.24) is 14.5 Å². The molecule has 0 aliphatic rings. The molecule has 0 unspecified atom stereocenters. The summed E-state index contributed by atoms with van der Waals surface area (Å²) in [5.74, 6) is -0.407. The summed E-state index contributed by atoms with van der Waals surface area (Å²) in [5, 5.41) is 6.02. The summed E-state index contributed by atoms with van der Waals surface area (Å²) in [6.45, 7) is 3.92.